The van der Waals surface area contributed by atoms with Gasteiger partial charge in [-0.3, -0.25) is 0 Å². The molecule has 70 valence electrons. The summed E-state index contributed by atoms with van der Waals surface area (Å²) in [7, 11) is 0. The van der Waals surface area contributed by atoms with Crippen LogP contribution in [0.5, 0.6) is 0 Å². The molecule has 0 unspecified atom stereocenters. The summed E-state index contributed by atoms with van der Waals surface area (Å²) in [5.74, 6) is 0. The number of hydrogen-bond donors (Lipinski definition) is 0. The zero-order valence-electron chi connectivity index (χ0n) is 8.00. The Bertz CT molecular complexity index is 484. The van der Waals surface area contributed by atoms with Gasteiger partial charge in [-0.05, 0) is 45.9 Å². The van der Waals surface area contributed by atoms with Crippen molar-refractivity contribution in [2.24, 2.45) is 0 Å². The fourth-order valence-electron chi connectivity index (χ4n) is 1.56. The molecule has 2 aromatic carbocycles. The molecule has 14 heavy (non-hydrogen) atoms. The monoisotopic (exact) mass is 294 g/mol. The van der Waals surface area contributed by atoms with Crippen molar-refractivity contribution in [2.75, 3.05) is 0 Å². The van der Waals surface area contributed by atoms with Gasteiger partial charge in [0.1, 0.15) is 0 Å². The molecular weight excluding hydrogens is 283 g/mol. The molecule has 1 heteroatoms. The smallest absolute Gasteiger partial charge is 0.0281 e. The number of rotatable bonds is 1. The van der Waals surface area contributed by atoms with Crippen LogP contribution in [0.25, 0.3) is 16.8 Å². The van der Waals surface area contributed by atoms with Crippen LogP contribution in [-0.2, 0) is 0 Å². The molecule has 0 bridgehead atoms. The summed E-state index contributed by atoms with van der Waals surface area (Å²) in [6, 6.07) is 12.8. The standard InChI is InChI=1S/C13H11I/c1-2-5-11-9-8-10-6-3-4-7-12(10)13(11)14/h2-9H,1H3/b5-2-. The Morgan fingerprint density at radius 1 is 1.07 bits per heavy atom. The van der Waals surface area contributed by atoms with Crippen molar-refractivity contribution in [3.63, 3.8) is 0 Å². The predicted molar refractivity (Wildman–Crippen MR) is 71.4 cm³/mol. The van der Waals surface area contributed by atoms with Gasteiger partial charge < -0.3 is 0 Å². The summed E-state index contributed by atoms with van der Waals surface area (Å²) >= 11 is 2.41. The van der Waals surface area contributed by atoms with Gasteiger partial charge in [0.2, 0.25) is 0 Å². The minimum atomic E-state index is 1.30. The summed E-state index contributed by atoms with van der Waals surface area (Å²) in [6.45, 7) is 2.05. The fraction of sp³-hybridized carbons (Fsp3) is 0.0769. The zero-order chi connectivity index (χ0) is 9.97. The van der Waals surface area contributed by atoms with Gasteiger partial charge in [0.15, 0.2) is 0 Å². The van der Waals surface area contributed by atoms with Gasteiger partial charge >= 0.3 is 0 Å². The van der Waals surface area contributed by atoms with Crippen LogP contribution < -0.4 is 0 Å². The summed E-state index contributed by atoms with van der Waals surface area (Å²) in [4.78, 5) is 0. The summed E-state index contributed by atoms with van der Waals surface area (Å²) in [6.07, 6.45) is 4.22. The largest absolute Gasteiger partial charge is 0.0870 e. The van der Waals surface area contributed by atoms with Crippen molar-refractivity contribution in [1.29, 1.82) is 0 Å². The summed E-state index contributed by atoms with van der Waals surface area (Å²) in [5.41, 5.74) is 1.30. The lowest BCUT2D eigenvalue weighted by atomic mass is 10.1. The molecule has 0 aliphatic heterocycles. The van der Waals surface area contributed by atoms with Gasteiger partial charge in [-0.2, -0.15) is 0 Å². The highest BCUT2D eigenvalue weighted by atomic mass is 127. The van der Waals surface area contributed by atoms with E-state index in [0.29, 0.717) is 0 Å². The molecule has 0 saturated carbocycles. The van der Waals surface area contributed by atoms with Crippen LogP contribution in [-0.4, -0.2) is 0 Å². The maximum absolute atomic E-state index is 2.41. The number of fused-ring (bicyclic) bond motifs is 1. The fourth-order valence-corrected chi connectivity index (χ4v) is 2.41. The minimum absolute atomic E-state index is 1.30. The first kappa shape index (κ1) is 9.71. The van der Waals surface area contributed by atoms with E-state index in [2.05, 4.69) is 71.1 Å². The molecule has 0 nitrogen and oxygen atoms in total. The Hall–Kier alpha value is -0.830. The molecule has 2 rings (SSSR count). The lowest BCUT2D eigenvalue weighted by Gasteiger charge is -2.03. The van der Waals surface area contributed by atoms with Crippen LogP contribution in [0.4, 0.5) is 0 Å². The maximum atomic E-state index is 2.41. The molecule has 0 amide bonds. The third kappa shape index (κ3) is 1.69. The number of allylic oxidation sites excluding steroid dienone is 1. The Morgan fingerprint density at radius 3 is 2.64 bits per heavy atom. The van der Waals surface area contributed by atoms with Crippen LogP contribution in [0.2, 0.25) is 0 Å². The van der Waals surface area contributed by atoms with Crippen LogP contribution in [0.1, 0.15) is 12.5 Å². The van der Waals surface area contributed by atoms with Crippen LogP contribution in [0.15, 0.2) is 42.5 Å². The third-order valence-corrected chi connectivity index (χ3v) is 3.44. The molecule has 0 aliphatic carbocycles. The molecule has 0 N–H and O–H groups in total. The molecule has 0 spiro atoms. The normalized spacial score (nSPS) is 11.3. The molecule has 0 aliphatic rings. The molecule has 0 aromatic heterocycles. The van der Waals surface area contributed by atoms with Crippen molar-refractivity contribution in [1.82, 2.24) is 0 Å². The molecule has 0 atom stereocenters. The van der Waals surface area contributed by atoms with Crippen molar-refractivity contribution < 1.29 is 0 Å². The van der Waals surface area contributed by atoms with E-state index in [0.717, 1.165) is 0 Å². The van der Waals surface area contributed by atoms with Crippen LogP contribution in [0, 0.1) is 3.57 Å². The molecule has 0 fully saturated rings. The molecule has 0 saturated heterocycles. The van der Waals surface area contributed by atoms with Crippen LogP contribution in [0.3, 0.4) is 0 Å². The van der Waals surface area contributed by atoms with E-state index in [1.807, 2.05) is 6.92 Å². The van der Waals surface area contributed by atoms with Crippen molar-refractivity contribution in [3.8, 4) is 0 Å². The lowest BCUT2D eigenvalue weighted by Crippen LogP contribution is -1.82. The van der Waals surface area contributed by atoms with E-state index in [1.54, 1.807) is 0 Å². The van der Waals surface area contributed by atoms with Gasteiger partial charge in [0.25, 0.3) is 0 Å². The quantitative estimate of drug-likeness (QED) is 0.680. The van der Waals surface area contributed by atoms with Crippen LogP contribution >= 0.6 is 22.6 Å². The highest BCUT2D eigenvalue weighted by Gasteiger charge is 2.00. The lowest BCUT2D eigenvalue weighted by molar-refractivity contribution is 1.64. The summed E-state index contributed by atoms with van der Waals surface area (Å²) in [5, 5.41) is 2.65. The topological polar surface area (TPSA) is 0 Å². The zero-order valence-corrected chi connectivity index (χ0v) is 10.2. The number of halogens is 1. The minimum Gasteiger partial charge on any atom is -0.0870 e. The number of hydrogen-bond acceptors (Lipinski definition) is 0. The predicted octanol–water partition coefficient (Wildman–Crippen LogP) is 4.48. The Kier molecular flexibility index (Phi) is 2.87. The Labute approximate surface area is 97.8 Å². The van der Waals surface area contributed by atoms with E-state index >= 15 is 0 Å². The average Bonchev–Trinajstić information content (AvgIpc) is 2.23. The van der Waals surface area contributed by atoms with Gasteiger partial charge in [-0.1, -0.05) is 48.6 Å². The van der Waals surface area contributed by atoms with E-state index in [-0.39, 0.29) is 0 Å². The molecule has 0 heterocycles. The van der Waals surface area contributed by atoms with Gasteiger partial charge in [-0.15, -0.1) is 0 Å². The summed E-state index contributed by atoms with van der Waals surface area (Å²) < 4.78 is 1.33. The van der Waals surface area contributed by atoms with Gasteiger partial charge in [0, 0.05) is 3.57 Å². The average molecular weight is 294 g/mol. The van der Waals surface area contributed by atoms with Gasteiger partial charge in [0.05, 0.1) is 0 Å². The van der Waals surface area contributed by atoms with E-state index in [9.17, 15) is 0 Å². The molecule has 2 aromatic rings. The highest BCUT2D eigenvalue weighted by molar-refractivity contribution is 14.1. The second-order valence-corrected chi connectivity index (χ2v) is 4.27. The van der Waals surface area contributed by atoms with E-state index in [4.69, 9.17) is 0 Å². The van der Waals surface area contributed by atoms with Crippen molar-refractivity contribution in [2.45, 2.75) is 6.92 Å². The van der Waals surface area contributed by atoms with E-state index < -0.39 is 0 Å². The highest BCUT2D eigenvalue weighted by Crippen LogP contribution is 2.24. The van der Waals surface area contributed by atoms with Crippen molar-refractivity contribution >= 4 is 39.4 Å². The maximum Gasteiger partial charge on any atom is 0.0281 e. The first-order valence-electron chi connectivity index (χ1n) is 4.63. The number of benzene rings is 2. The Morgan fingerprint density at radius 2 is 1.86 bits per heavy atom. The van der Waals surface area contributed by atoms with Crippen molar-refractivity contribution in [3.05, 3.63) is 51.6 Å². The first-order chi connectivity index (χ1) is 6.83. The second-order valence-electron chi connectivity index (χ2n) is 3.19. The molecular formula is C13H11I. The first-order valence-corrected chi connectivity index (χ1v) is 5.71. The SMILES string of the molecule is C/C=C\c1ccc2ccccc2c1I. The molecule has 0 radical (unpaired) electrons. The van der Waals surface area contributed by atoms with E-state index in [1.165, 1.54) is 19.9 Å². The third-order valence-electron chi connectivity index (χ3n) is 2.24. The van der Waals surface area contributed by atoms with Gasteiger partial charge in [-0.25, -0.2) is 0 Å². The Balaban J connectivity index is 2.75. The second kappa shape index (κ2) is 4.13.